The van der Waals surface area contributed by atoms with E-state index < -0.39 is 12.1 Å². The summed E-state index contributed by atoms with van der Waals surface area (Å²) in [6.45, 7) is 1.82. The molecule has 0 bridgehead atoms. The molecular formula is C18H16F3N5O4. The van der Waals surface area contributed by atoms with E-state index in [9.17, 15) is 13.2 Å². The minimum Gasteiger partial charge on any atom is -0.475 e. The van der Waals surface area contributed by atoms with Gasteiger partial charge in [0.25, 0.3) is 0 Å². The molecule has 30 heavy (non-hydrogen) atoms. The second kappa shape index (κ2) is 9.20. The summed E-state index contributed by atoms with van der Waals surface area (Å²) >= 11 is 0. The molecule has 3 aromatic rings. The molecule has 0 amide bonds. The number of alkyl halides is 3. The maximum Gasteiger partial charge on any atom is 0.490 e. The first kappa shape index (κ1) is 21.0. The van der Waals surface area contributed by atoms with Crippen LogP contribution in [0.5, 0.6) is 5.88 Å². The quantitative estimate of drug-likeness (QED) is 0.676. The van der Waals surface area contributed by atoms with Crippen molar-refractivity contribution in [3.8, 4) is 5.88 Å². The number of ether oxygens (including phenoxy) is 1. The van der Waals surface area contributed by atoms with Gasteiger partial charge >= 0.3 is 12.1 Å². The Morgan fingerprint density at radius 3 is 2.50 bits per heavy atom. The number of carboxylic acid groups (broad SMARTS) is 1. The van der Waals surface area contributed by atoms with Gasteiger partial charge in [0.1, 0.15) is 18.1 Å². The van der Waals surface area contributed by atoms with Crippen molar-refractivity contribution in [3.05, 3.63) is 59.9 Å². The Labute approximate surface area is 168 Å². The van der Waals surface area contributed by atoms with Gasteiger partial charge in [0, 0.05) is 43.2 Å². The molecular weight excluding hydrogens is 407 g/mol. The number of carboxylic acids is 1. The minimum absolute atomic E-state index is 0.333. The molecule has 0 aromatic carbocycles. The number of anilines is 1. The molecule has 0 spiro atoms. The predicted octanol–water partition coefficient (Wildman–Crippen LogP) is 2.63. The molecule has 0 atom stereocenters. The fourth-order valence-corrected chi connectivity index (χ4v) is 2.58. The molecule has 158 valence electrons. The largest absolute Gasteiger partial charge is 0.490 e. The molecule has 1 aliphatic rings. The molecule has 0 aliphatic carbocycles. The first-order valence-electron chi connectivity index (χ1n) is 8.67. The third-order valence-corrected chi connectivity index (χ3v) is 3.98. The number of halogens is 3. The molecule has 4 heterocycles. The van der Waals surface area contributed by atoms with Crippen molar-refractivity contribution in [3.63, 3.8) is 0 Å². The fourth-order valence-electron chi connectivity index (χ4n) is 2.58. The van der Waals surface area contributed by atoms with Crippen molar-refractivity contribution in [1.29, 1.82) is 0 Å². The van der Waals surface area contributed by atoms with Crippen LogP contribution in [0.2, 0.25) is 0 Å². The van der Waals surface area contributed by atoms with Gasteiger partial charge in [0.15, 0.2) is 0 Å². The van der Waals surface area contributed by atoms with Gasteiger partial charge in [-0.15, -0.1) is 0 Å². The van der Waals surface area contributed by atoms with E-state index in [1.807, 2.05) is 24.3 Å². The zero-order valence-corrected chi connectivity index (χ0v) is 15.4. The monoisotopic (exact) mass is 423 g/mol. The Bertz CT molecular complexity index is 967. The number of aromatic nitrogens is 4. The van der Waals surface area contributed by atoms with Gasteiger partial charge in [0.2, 0.25) is 11.8 Å². The normalized spacial score (nSPS) is 13.1. The van der Waals surface area contributed by atoms with E-state index in [0.29, 0.717) is 19.0 Å². The average molecular weight is 423 g/mol. The summed E-state index contributed by atoms with van der Waals surface area (Å²) in [6, 6.07) is 7.36. The zero-order valence-electron chi connectivity index (χ0n) is 15.4. The fraction of sp³-hybridized carbons (Fsp3) is 0.278. The second-order valence-corrected chi connectivity index (χ2v) is 6.01. The lowest BCUT2D eigenvalue weighted by Gasteiger charge is -2.25. The highest BCUT2D eigenvalue weighted by molar-refractivity contribution is 5.73. The predicted molar refractivity (Wildman–Crippen MR) is 95.5 cm³/mol. The lowest BCUT2D eigenvalue weighted by Crippen LogP contribution is -2.31. The maximum absolute atomic E-state index is 10.6. The highest BCUT2D eigenvalue weighted by Crippen LogP contribution is 2.25. The second-order valence-electron chi connectivity index (χ2n) is 6.01. The van der Waals surface area contributed by atoms with Gasteiger partial charge in [-0.1, -0.05) is 11.2 Å². The van der Waals surface area contributed by atoms with Crippen molar-refractivity contribution in [2.45, 2.75) is 25.7 Å². The Hall–Kier alpha value is -3.70. The van der Waals surface area contributed by atoms with Crippen LogP contribution in [-0.4, -0.2) is 43.9 Å². The van der Waals surface area contributed by atoms with Gasteiger partial charge in [-0.05, 0) is 12.1 Å². The highest BCUT2D eigenvalue weighted by atomic mass is 19.4. The first-order chi connectivity index (χ1) is 14.3. The summed E-state index contributed by atoms with van der Waals surface area (Å²) in [5.74, 6) is -0.552. The topological polar surface area (TPSA) is 114 Å². The summed E-state index contributed by atoms with van der Waals surface area (Å²) in [7, 11) is 0. The number of rotatable bonds is 4. The maximum atomic E-state index is 10.6. The number of carbonyl (C=O) groups is 1. The van der Waals surface area contributed by atoms with Crippen LogP contribution in [0.4, 0.5) is 19.1 Å². The first-order valence-corrected chi connectivity index (χ1v) is 8.67. The van der Waals surface area contributed by atoms with Crippen LogP contribution in [0.1, 0.15) is 17.0 Å². The number of pyridine rings is 1. The van der Waals surface area contributed by atoms with E-state index in [1.165, 1.54) is 0 Å². The molecule has 12 heteroatoms. The standard InChI is InChI=1S/C16H15N5O2.C2HF3O2/c1-2-6-17-15(4-1)22-11-13-12-10-21(9-5-14(12)23-20-13)16-18-7-3-8-19-16;3-2(4,5)1(6)7/h1-4,6-8H,5,9-11H2;(H,6,7). The third kappa shape index (κ3) is 5.43. The van der Waals surface area contributed by atoms with Crippen LogP contribution >= 0.6 is 0 Å². The molecule has 0 saturated carbocycles. The molecule has 0 unspecified atom stereocenters. The third-order valence-electron chi connectivity index (χ3n) is 3.98. The molecule has 1 N–H and O–H groups in total. The Balaban J connectivity index is 0.000000318. The van der Waals surface area contributed by atoms with Gasteiger partial charge in [0.05, 0.1) is 6.54 Å². The summed E-state index contributed by atoms with van der Waals surface area (Å²) in [5.41, 5.74) is 1.85. The van der Waals surface area contributed by atoms with Crippen molar-refractivity contribution in [2.75, 3.05) is 11.4 Å². The van der Waals surface area contributed by atoms with Gasteiger partial charge < -0.3 is 19.3 Å². The van der Waals surface area contributed by atoms with Crippen LogP contribution < -0.4 is 9.64 Å². The van der Waals surface area contributed by atoms with Crippen LogP contribution in [0.3, 0.4) is 0 Å². The van der Waals surface area contributed by atoms with E-state index in [1.54, 1.807) is 18.6 Å². The van der Waals surface area contributed by atoms with Gasteiger partial charge in [-0.3, -0.25) is 0 Å². The van der Waals surface area contributed by atoms with Crippen LogP contribution in [0.25, 0.3) is 0 Å². The lowest BCUT2D eigenvalue weighted by molar-refractivity contribution is -0.192. The van der Waals surface area contributed by atoms with E-state index in [0.717, 1.165) is 35.9 Å². The number of fused-ring (bicyclic) bond motifs is 1. The summed E-state index contributed by atoms with van der Waals surface area (Å²) in [4.78, 5) is 23.8. The highest BCUT2D eigenvalue weighted by Gasteiger charge is 2.38. The minimum atomic E-state index is -5.08. The van der Waals surface area contributed by atoms with E-state index in [2.05, 4.69) is 25.0 Å². The Kier molecular flexibility index (Phi) is 6.45. The average Bonchev–Trinajstić information content (AvgIpc) is 3.15. The van der Waals surface area contributed by atoms with E-state index >= 15 is 0 Å². The van der Waals surface area contributed by atoms with Crippen molar-refractivity contribution in [1.82, 2.24) is 20.1 Å². The SMILES string of the molecule is O=C(O)C(F)(F)F.c1ccc(OCc2noc3c2CN(c2ncccn2)CC3)nc1. The van der Waals surface area contributed by atoms with Crippen LogP contribution in [-0.2, 0) is 24.4 Å². The number of hydrogen-bond donors (Lipinski definition) is 1. The zero-order chi connectivity index (χ0) is 21.6. The van der Waals surface area contributed by atoms with Gasteiger partial charge in [-0.25, -0.2) is 19.7 Å². The number of aliphatic carboxylic acids is 1. The van der Waals surface area contributed by atoms with Crippen molar-refractivity contribution >= 4 is 11.9 Å². The number of nitrogens with zero attached hydrogens (tertiary/aromatic N) is 5. The van der Waals surface area contributed by atoms with Crippen molar-refractivity contribution < 1.29 is 32.3 Å². The lowest BCUT2D eigenvalue weighted by atomic mass is 10.1. The van der Waals surface area contributed by atoms with E-state index in [4.69, 9.17) is 19.2 Å². The van der Waals surface area contributed by atoms with E-state index in [-0.39, 0.29) is 0 Å². The smallest absolute Gasteiger partial charge is 0.475 e. The number of hydrogen-bond acceptors (Lipinski definition) is 8. The molecule has 4 rings (SSSR count). The summed E-state index contributed by atoms with van der Waals surface area (Å²) in [5, 5.41) is 11.3. The molecule has 1 aliphatic heterocycles. The molecule has 3 aromatic heterocycles. The Morgan fingerprint density at radius 2 is 1.87 bits per heavy atom. The molecule has 0 radical (unpaired) electrons. The molecule has 0 saturated heterocycles. The van der Waals surface area contributed by atoms with Gasteiger partial charge in [-0.2, -0.15) is 13.2 Å². The molecule has 9 nitrogen and oxygen atoms in total. The molecule has 0 fully saturated rings. The van der Waals surface area contributed by atoms with Crippen molar-refractivity contribution in [2.24, 2.45) is 0 Å². The summed E-state index contributed by atoms with van der Waals surface area (Å²) in [6.07, 6.45) is 0.888. The summed E-state index contributed by atoms with van der Waals surface area (Å²) < 4.78 is 42.9. The van der Waals surface area contributed by atoms with Crippen LogP contribution in [0, 0.1) is 0 Å². The Morgan fingerprint density at radius 1 is 1.17 bits per heavy atom. The van der Waals surface area contributed by atoms with Crippen LogP contribution in [0.15, 0.2) is 47.4 Å².